The lowest BCUT2D eigenvalue weighted by Gasteiger charge is -2.39. The molecule has 0 aromatic carbocycles. The molecule has 220 valence electrons. The number of carbonyl (C=O) groups is 1. The van der Waals surface area contributed by atoms with Crippen molar-refractivity contribution in [2.75, 3.05) is 29.9 Å². The Hall–Kier alpha value is -4.77. The van der Waals surface area contributed by atoms with Crippen molar-refractivity contribution < 1.29 is 13.2 Å². The first-order valence-corrected chi connectivity index (χ1v) is 15.7. The van der Waals surface area contributed by atoms with Gasteiger partial charge in [0.2, 0.25) is 5.91 Å². The smallest absolute Gasteiger partial charge is 0.256 e. The molecule has 6 heterocycles. The Kier molecular flexibility index (Phi) is 6.61. The molecule has 43 heavy (non-hydrogen) atoms. The van der Waals surface area contributed by atoms with Gasteiger partial charge in [-0.25, -0.2) is 23.4 Å². The van der Waals surface area contributed by atoms with Gasteiger partial charge in [0.15, 0.2) is 5.82 Å². The van der Waals surface area contributed by atoms with Crippen LogP contribution in [0.4, 0.5) is 17.3 Å². The number of carbonyl (C=O) groups excluding carboxylic acids is 1. The molecule has 4 aromatic heterocycles. The first-order chi connectivity index (χ1) is 20.8. The number of rotatable bonds is 6. The number of nitrogens with zero attached hydrogens (tertiary/aromatic N) is 8. The van der Waals surface area contributed by atoms with Crippen molar-refractivity contribution >= 4 is 33.3 Å². The minimum Gasteiger partial charge on any atom is -0.370 e. The Labute approximate surface area is 248 Å². The van der Waals surface area contributed by atoms with Crippen molar-refractivity contribution in [3.8, 4) is 23.2 Å². The number of amides is 1. The fraction of sp³-hybridized carbons (Fsp3) is 0.379. The van der Waals surface area contributed by atoms with E-state index >= 15 is 0 Å². The van der Waals surface area contributed by atoms with Gasteiger partial charge in [0.05, 0.1) is 51.6 Å². The third kappa shape index (κ3) is 5.32. The zero-order chi connectivity index (χ0) is 29.6. The Bertz CT molecular complexity index is 1870. The van der Waals surface area contributed by atoms with Crippen LogP contribution >= 0.6 is 0 Å². The summed E-state index contributed by atoms with van der Waals surface area (Å²) < 4.78 is 27.8. The summed E-state index contributed by atoms with van der Waals surface area (Å²) in [6, 6.07) is 3.66. The molecule has 0 radical (unpaired) electrons. The normalized spacial score (nSPS) is 17.9. The van der Waals surface area contributed by atoms with E-state index in [1.54, 1.807) is 29.3 Å². The van der Waals surface area contributed by atoms with Gasteiger partial charge < -0.3 is 15.5 Å². The summed E-state index contributed by atoms with van der Waals surface area (Å²) >= 11 is 0. The monoisotopic (exact) mass is 598 g/mol. The number of anilines is 3. The van der Waals surface area contributed by atoms with Crippen LogP contribution in [0.25, 0.3) is 11.4 Å². The van der Waals surface area contributed by atoms with Gasteiger partial charge in [0, 0.05) is 51.3 Å². The third-order valence-electron chi connectivity index (χ3n) is 8.30. The van der Waals surface area contributed by atoms with E-state index in [4.69, 9.17) is 0 Å². The predicted molar refractivity (Wildman–Crippen MR) is 159 cm³/mol. The molecular formula is C29H30N10O3S. The summed E-state index contributed by atoms with van der Waals surface area (Å²) in [4.78, 5) is 28.4. The number of aryl methyl sites for hydroxylation is 1. The Morgan fingerprint density at radius 1 is 1.02 bits per heavy atom. The first kappa shape index (κ1) is 27.1. The van der Waals surface area contributed by atoms with E-state index in [1.807, 2.05) is 19.3 Å². The number of nitrogens with one attached hydrogen (secondary N) is 2. The van der Waals surface area contributed by atoms with Crippen LogP contribution in [0.2, 0.25) is 0 Å². The molecule has 0 bridgehead atoms. The number of pyridine rings is 1. The lowest BCUT2D eigenvalue weighted by atomic mass is 9.77. The largest absolute Gasteiger partial charge is 0.370 e. The summed E-state index contributed by atoms with van der Waals surface area (Å²) in [5, 5.41) is 14.1. The second kappa shape index (κ2) is 10.5. The average molecular weight is 599 g/mol. The van der Waals surface area contributed by atoms with Gasteiger partial charge >= 0.3 is 0 Å². The standard InChI is InChI=1S/C29H30N10O3S/c1-37-18-20(15-33-37)2-3-21-16-32-26(14-24(21)38-12-8-29(9-13-38)7-11-31-28(29)40)35-25-6-10-30-27(36-25)22-17-34-39(19-22)43(41,42)23-4-5-23/h6,10,14-19,23H,4-5,7-9,11-13H2,1H3,(H,31,40)(H,30,32,35,36). The van der Waals surface area contributed by atoms with Gasteiger partial charge in [-0.1, -0.05) is 11.8 Å². The highest BCUT2D eigenvalue weighted by Crippen LogP contribution is 2.40. The van der Waals surface area contributed by atoms with Crippen molar-refractivity contribution in [2.24, 2.45) is 12.5 Å². The molecule has 2 N–H and O–H groups in total. The Morgan fingerprint density at radius 2 is 1.86 bits per heavy atom. The first-order valence-electron chi connectivity index (χ1n) is 14.2. The van der Waals surface area contributed by atoms with Gasteiger partial charge in [-0.15, -0.1) is 0 Å². The van der Waals surface area contributed by atoms with Crippen molar-refractivity contribution in [3.63, 3.8) is 0 Å². The van der Waals surface area contributed by atoms with E-state index in [0.717, 1.165) is 59.8 Å². The SMILES string of the molecule is Cn1cc(C#Cc2cnc(Nc3ccnc(-c4cnn(S(=O)(=O)C5CC5)c4)n3)cc2N2CCC3(CCNC3=O)CC2)cn1. The van der Waals surface area contributed by atoms with E-state index in [0.29, 0.717) is 35.9 Å². The van der Waals surface area contributed by atoms with Gasteiger partial charge in [0.25, 0.3) is 10.0 Å². The van der Waals surface area contributed by atoms with E-state index < -0.39 is 10.0 Å². The van der Waals surface area contributed by atoms with E-state index in [9.17, 15) is 13.2 Å². The topological polar surface area (TPSA) is 153 Å². The lowest BCUT2D eigenvalue weighted by molar-refractivity contribution is -0.128. The van der Waals surface area contributed by atoms with Crippen molar-refractivity contribution in [3.05, 3.63) is 60.4 Å². The molecule has 0 atom stereocenters. The lowest BCUT2D eigenvalue weighted by Crippen LogP contribution is -2.44. The molecule has 1 aliphatic carbocycles. The maximum Gasteiger partial charge on any atom is 0.256 e. The second-order valence-corrected chi connectivity index (χ2v) is 13.3. The maximum atomic E-state index is 12.6. The van der Waals surface area contributed by atoms with Crippen LogP contribution in [0, 0.1) is 17.3 Å². The maximum absolute atomic E-state index is 12.6. The van der Waals surface area contributed by atoms with Crippen LogP contribution in [-0.4, -0.2) is 73.1 Å². The highest BCUT2D eigenvalue weighted by Gasteiger charge is 2.44. The van der Waals surface area contributed by atoms with Crippen LogP contribution in [0.1, 0.15) is 43.2 Å². The summed E-state index contributed by atoms with van der Waals surface area (Å²) in [6.45, 7) is 2.19. The molecule has 1 amide bonds. The highest BCUT2D eigenvalue weighted by molar-refractivity contribution is 7.90. The van der Waals surface area contributed by atoms with E-state index in [2.05, 4.69) is 52.5 Å². The molecule has 2 aliphatic heterocycles. The summed E-state index contributed by atoms with van der Waals surface area (Å²) in [5.41, 5.74) is 2.71. The minimum atomic E-state index is -3.48. The summed E-state index contributed by atoms with van der Waals surface area (Å²) in [6.07, 6.45) is 13.6. The molecule has 7 rings (SSSR count). The van der Waals surface area contributed by atoms with Gasteiger partial charge in [-0.2, -0.15) is 14.3 Å². The molecule has 3 aliphatic rings. The fourth-order valence-electron chi connectivity index (χ4n) is 5.64. The molecule has 0 unspecified atom stereocenters. The van der Waals surface area contributed by atoms with Crippen molar-refractivity contribution in [2.45, 2.75) is 37.4 Å². The van der Waals surface area contributed by atoms with Crippen molar-refractivity contribution in [1.29, 1.82) is 0 Å². The number of piperidine rings is 1. The van der Waals surface area contributed by atoms with Gasteiger partial charge in [0.1, 0.15) is 11.6 Å². The third-order valence-corrected chi connectivity index (χ3v) is 10.3. The number of hydrogen-bond acceptors (Lipinski definition) is 10. The van der Waals surface area contributed by atoms with Crippen LogP contribution in [-0.2, 0) is 21.9 Å². The van der Waals surface area contributed by atoms with Crippen LogP contribution < -0.4 is 15.5 Å². The fourth-order valence-corrected chi connectivity index (χ4v) is 7.12. The van der Waals surface area contributed by atoms with E-state index in [-0.39, 0.29) is 16.6 Å². The minimum absolute atomic E-state index is 0.163. The molecular weight excluding hydrogens is 568 g/mol. The molecule has 2 saturated heterocycles. The van der Waals surface area contributed by atoms with Gasteiger partial charge in [-0.05, 0) is 38.2 Å². The molecule has 14 heteroatoms. The molecule has 13 nitrogen and oxygen atoms in total. The molecule has 3 fully saturated rings. The number of aromatic nitrogens is 7. The Morgan fingerprint density at radius 3 is 2.58 bits per heavy atom. The molecule has 4 aromatic rings. The van der Waals surface area contributed by atoms with Crippen LogP contribution in [0.15, 0.2) is 49.3 Å². The summed E-state index contributed by atoms with van der Waals surface area (Å²) in [7, 11) is -1.63. The predicted octanol–water partition coefficient (Wildman–Crippen LogP) is 2.06. The quantitative estimate of drug-likeness (QED) is 0.316. The Balaban J connectivity index is 1.15. The molecule has 1 spiro atoms. The van der Waals surface area contributed by atoms with Crippen LogP contribution in [0.5, 0.6) is 0 Å². The van der Waals surface area contributed by atoms with Crippen molar-refractivity contribution in [1.82, 2.24) is 39.2 Å². The zero-order valence-corrected chi connectivity index (χ0v) is 24.4. The highest BCUT2D eigenvalue weighted by atomic mass is 32.2. The average Bonchev–Trinajstić information content (AvgIpc) is 3.45. The number of hydrogen-bond donors (Lipinski definition) is 2. The van der Waals surface area contributed by atoms with E-state index in [1.165, 1.54) is 12.4 Å². The molecule has 1 saturated carbocycles. The van der Waals surface area contributed by atoms with Gasteiger partial charge in [-0.3, -0.25) is 9.48 Å². The summed E-state index contributed by atoms with van der Waals surface area (Å²) in [5.74, 6) is 8.01. The van der Waals surface area contributed by atoms with Crippen LogP contribution in [0.3, 0.4) is 0 Å². The zero-order valence-electron chi connectivity index (χ0n) is 23.6. The second-order valence-electron chi connectivity index (χ2n) is 11.2.